The maximum Gasteiger partial charge on any atom is 0.239 e. The van der Waals surface area contributed by atoms with Gasteiger partial charge in [0, 0.05) is 26.3 Å². The van der Waals surface area contributed by atoms with E-state index in [2.05, 4.69) is 20.6 Å². The van der Waals surface area contributed by atoms with Gasteiger partial charge in [-0.2, -0.15) is 4.98 Å². The molecule has 0 unspecified atom stereocenters. The summed E-state index contributed by atoms with van der Waals surface area (Å²) in [5, 5.41) is 5.69. The van der Waals surface area contributed by atoms with Gasteiger partial charge in [-0.3, -0.25) is 4.79 Å². The first kappa shape index (κ1) is 13.2. The molecule has 0 aliphatic rings. The van der Waals surface area contributed by atoms with Gasteiger partial charge in [0.1, 0.15) is 5.82 Å². The maximum absolute atomic E-state index is 11.6. The van der Waals surface area contributed by atoms with Crippen molar-refractivity contribution in [2.24, 2.45) is 0 Å². The minimum absolute atomic E-state index is 0.0212. The summed E-state index contributed by atoms with van der Waals surface area (Å²) in [6.45, 7) is 4.14. The zero-order valence-corrected chi connectivity index (χ0v) is 10.7. The predicted octanol–water partition coefficient (Wildman–Crippen LogP) is 0.479. The third kappa shape index (κ3) is 4.26. The van der Waals surface area contributed by atoms with E-state index in [-0.39, 0.29) is 18.5 Å². The van der Waals surface area contributed by atoms with Gasteiger partial charge in [0.25, 0.3) is 0 Å². The Labute approximate surface area is 101 Å². The number of likely N-dealkylation sites (N-methyl/N-ethyl adjacent to an activating group) is 1. The van der Waals surface area contributed by atoms with Crippen LogP contribution in [-0.4, -0.2) is 42.6 Å². The number of carbonyl (C=O) groups is 1. The van der Waals surface area contributed by atoms with E-state index >= 15 is 0 Å². The van der Waals surface area contributed by atoms with E-state index in [0.717, 1.165) is 0 Å². The zero-order chi connectivity index (χ0) is 12.8. The highest BCUT2D eigenvalue weighted by atomic mass is 16.2. The van der Waals surface area contributed by atoms with Crippen molar-refractivity contribution in [1.82, 2.24) is 15.3 Å². The molecule has 0 aliphatic carbocycles. The van der Waals surface area contributed by atoms with Crippen LogP contribution in [0.4, 0.5) is 11.8 Å². The Kier molecular flexibility index (Phi) is 4.68. The highest BCUT2D eigenvalue weighted by Gasteiger charge is 2.09. The molecule has 1 rings (SSSR count). The minimum Gasteiger partial charge on any atom is -0.357 e. The van der Waals surface area contributed by atoms with E-state index in [1.165, 1.54) is 0 Å². The first-order chi connectivity index (χ1) is 8.02. The quantitative estimate of drug-likeness (QED) is 0.779. The van der Waals surface area contributed by atoms with Crippen LogP contribution in [0.25, 0.3) is 0 Å². The second-order valence-electron chi connectivity index (χ2n) is 4.07. The smallest absolute Gasteiger partial charge is 0.239 e. The molecule has 0 radical (unpaired) electrons. The monoisotopic (exact) mass is 237 g/mol. The van der Waals surface area contributed by atoms with Crippen molar-refractivity contribution in [3.05, 3.63) is 12.3 Å². The molecule has 0 saturated heterocycles. The van der Waals surface area contributed by atoms with Crippen LogP contribution in [0.5, 0.6) is 0 Å². The van der Waals surface area contributed by atoms with Crippen molar-refractivity contribution in [2.45, 2.75) is 19.9 Å². The van der Waals surface area contributed by atoms with Crippen LogP contribution in [0.15, 0.2) is 12.3 Å². The number of hydrogen-bond donors (Lipinski definition) is 2. The first-order valence-electron chi connectivity index (χ1n) is 5.54. The lowest BCUT2D eigenvalue weighted by molar-refractivity contribution is -0.120. The number of aromatic nitrogens is 2. The van der Waals surface area contributed by atoms with Crippen molar-refractivity contribution in [2.75, 3.05) is 30.9 Å². The lowest BCUT2D eigenvalue weighted by Crippen LogP contribution is -2.38. The number of hydrogen-bond acceptors (Lipinski definition) is 5. The van der Waals surface area contributed by atoms with E-state index in [0.29, 0.717) is 11.8 Å². The van der Waals surface area contributed by atoms with Gasteiger partial charge in [-0.15, -0.1) is 0 Å². The van der Waals surface area contributed by atoms with Gasteiger partial charge in [0.15, 0.2) is 0 Å². The van der Waals surface area contributed by atoms with Crippen LogP contribution < -0.4 is 15.5 Å². The summed E-state index contributed by atoms with van der Waals surface area (Å²) >= 11 is 0. The fourth-order valence-electron chi connectivity index (χ4n) is 1.35. The average Bonchev–Trinajstić information content (AvgIpc) is 2.27. The van der Waals surface area contributed by atoms with Crippen molar-refractivity contribution >= 4 is 17.7 Å². The van der Waals surface area contributed by atoms with Crippen molar-refractivity contribution < 1.29 is 4.79 Å². The van der Waals surface area contributed by atoms with Crippen LogP contribution in [0.2, 0.25) is 0 Å². The molecule has 1 aromatic rings. The molecule has 0 aromatic carbocycles. The van der Waals surface area contributed by atoms with Crippen LogP contribution in [-0.2, 0) is 4.79 Å². The number of rotatable bonds is 5. The Morgan fingerprint density at radius 1 is 1.53 bits per heavy atom. The number of amides is 1. The largest absolute Gasteiger partial charge is 0.357 e. The van der Waals surface area contributed by atoms with E-state index in [9.17, 15) is 4.79 Å². The summed E-state index contributed by atoms with van der Waals surface area (Å²) in [6.07, 6.45) is 1.66. The molecule has 0 fully saturated rings. The molecular formula is C11H19N5O. The molecule has 0 bridgehead atoms. The number of nitrogens with zero attached hydrogens (tertiary/aromatic N) is 3. The molecular weight excluding hydrogens is 218 g/mol. The van der Waals surface area contributed by atoms with Gasteiger partial charge in [-0.25, -0.2) is 4.98 Å². The molecule has 1 amide bonds. The molecule has 6 nitrogen and oxygen atoms in total. The average molecular weight is 237 g/mol. The standard InChI is InChI=1S/C11H19N5O/c1-8(2)14-10(17)7-16(4)9-5-6-13-11(12-3)15-9/h5-6,8H,7H2,1-4H3,(H,14,17)(H,12,13,15). The lowest BCUT2D eigenvalue weighted by Gasteiger charge is -2.18. The van der Waals surface area contributed by atoms with E-state index in [1.54, 1.807) is 24.2 Å². The van der Waals surface area contributed by atoms with Crippen LogP contribution in [0.1, 0.15) is 13.8 Å². The highest BCUT2D eigenvalue weighted by Crippen LogP contribution is 2.09. The third-order valence-electron chi connectivity index (χ3n) is 2.09. The molecule has 0 aliphatic heterocycles. The summed E-state index contributed by atoms with van der Waals surface area (Å²) in [5.74, 6) is 1.23. The molecule has 17 heavy (non-hydrogen) atoms. The predicted molar refractivity (Wildman–Crippen MR) is 68.1 cm³/mol. The number of anilines is 2. The highest BCUT2D eigenvalue weighted by molar-refractivity contribution is 5.81. The summed E-state index contributed by atoms with van der Waals surface area (Å²) in [5.41, 5.74) is 0. The fourth-order valence-corrected chi connectivity index (χ4v) is 1.35. The van der Waals surface area contributed by atoms with Crippen molar-refractivity contribution in [3.63, 3.8) is 0 Å². The number of nitrogens with one attached hydrogen (secondary N) is 2. The third-order valence-corrected chi connectivity index (χ3v) is 2.09. The van der Waals surface area contributed by atoms with Crippen molar-refractivity contribution in [1.29, 1.82) is 0 Å². The summed E-state index contributed by atoms with van der Waals surface area (Å²) in [6, 6.07) is 1.91. The van der Waals surface area contributed by atoms with Crippen LogP contribution in [0, 0.1) is 0 Å². The Hall–Kier alpha value is -1.85. The van der Waals surface area contributed by atoms with E-state index in [4.69, 9.17) is 0 Å². The summed E-state index contributed by atoms with van der Waals surface area (Å²) < 4.78 is 0. The number of carbonyl (C=O) groups excluding carboxylic acids is 1. The van der Waals surface area contributed by atoms with Gasteiger partial charge < -0.3 is 15.5 Å². The Bertz CT molecular complexity index is 380. The molecule has 94 valence electrons. The molecule has 1 heterocycles. The zero-order valence-electron chi connectivity index (χ0n) is 10.7. The molecule has 2 N–H and O–H groups in total. The Morgan fingerprint density at radius 2 is 2.24 bits per heavy atom. The fraction of sp³-hybridized carbons (Fsp3) is 0.545. The van der Waals surface area contributed by atoms with Crippen LogP contribution in [0.3, 0.4) is 0 Å². The Balaban J connectivity index is 2.62. The second-order valence-corrected chi connectivity index (χ2v) is 4.07. The van der Waals surface area contributed by atoms with Crippen LogP contribution >= 0.6 is 0 Å². The second kappa shape index (κ2) is 6.03. The van der Waals surface area contributed by atoms with Gasteiger partial charge in [0.2, 0.25) is 11.9 Å². The first-order valence-corrected chi connectivity index (χ1v) is 5.54. The minimum atomic E-state index is -0.0212. The van der Waals surface area contributed by atoms with Gasteiger partial charge in [0.05, 0.1) is 6.54 Å². The van der Waals surface area contributed by atoms with Gasteiger partial charge >= 0.3 is 0 Å². The summed E-state index contributed by atoms with van der Waals surface area (Å²) in [4.78, 5) is 21.6. The molecule has 0 atom stereocenters. The molecule has 1 aromatic heterocycles. The maximum atomic E-state index is 11.6. The summed E-state index contributed by atoms with van der Waals surface area (Å²) in [7, 11) is 3.58. The SMILES string of the molecule is CNc1nccc(N(C)CC(=O)NC(C)C)n1. The normalized spacial score (nSPS) is 10.2. The molecule has 6 heteroatoms. The molecule has 0 saturated carbocycles. The molecule has 0 spiro atoms. The Morgan fingerprint density at radius 3 is 2.82 bits per heavy atom. The topological polar surface area (TPSA) is 70.2 Å². The van der Waals surface area contributed by atoms with Crippen molar-refractivity contribution in [3.8, 4) is 0 Å². The van der Waals surface area contributed by atoms with E-state index < -0.39 is 0 Å². The van der Waals surface area contributed by atoms with E-state index in [1.807, 2.05) is 20.9 Å². The lowest BCUT2D eigenvalue weighted by atomic mass is 10.4. The van der Waals surface area contributed by atoms with Gasteiger partial charge in [-0.05, 0) is 19.9 Å². The van der Waals surface area contributed by atoms with Gasteiger partial charge in [-0.1, -0.05) is 0 Å².